The molecule has 0 aliphatic carbocycles. The molecule has 0 spiro atoms. The molecule has 1 aromatic heterocycles. The van der Waals surface area contributed by atoms with Gasteiger partial charge in [0.15, 0.2) is 0 Å². The van der Waals surface area contributed by atoms with Crippen LogP contribution in [0, 0.1) is 6.92 Å². The van der Waals surface area contributed by atoms with Gasteiger partial charge in [-0.05, 0) is 44.9 Å². The molecule has 28 heavy (non-hydrogen) atoms. The van der Waals surface area contributed by atoms with E-state index in [1.807, 2.05) is 19.1 Å². The first-order valence-corrected chi connectivity index (χ1v) is 10.2. The van der Waals surface area contributed by atoms with E-state index in [-0.39, 0.29) is 24.6 Å². The topological polar surface area (TPSA) is 45.7 Å². The number of aryl methyl sites for hydroxylation is 1. The summed E-state index contributed by atoms with van der Waals surface area (Å²) in [4.78, 5) is 20.8. The number of nitrogens with zero attached hydrogens (tertiary/aromatic N) is 3. The van der Waals surface area contributed by atoms with Gasteiger partial charge in [-0.25, -0.2) is 4.39 Å². The van der Waals surface area contributed by atoms with Gasteiger partial charge in [0.1, 0.15) is 18.0 Å². The number of halogens is 1. The minimum atomic E-state index is -0.878. The summed E-state index contributed by atoms with van der Waals surface area (Å²) in [7, 11) is 0. The summed E-state index contributed by atoms with van der Waals surface area (Å²) in [6.45, 7) is 6.26. The van der Waals surface area contributed by atoms with E-state index < -0.39 is 6.17 Å². The standard InChI is InChI=1S/C22H28FN3O2/c1-15-3-4-20-19(11-15)21(5-8-24-20)28-18-6-9-25(10-7-18)14-22(27)26-13-17(23)12-16(26)2/h3-5,8,11,16-18H,6-7,9-10,12-14H2,1-2H3/t16-,17+/m1/s1. The van der Waals surface area contributed by atoms with Crippen LogP contribution in [0.2, 0.25) is 0 Å². The molecule has 2 aromatic rings. The Bertz CT molecular complexity index is 851. The number of ether oxygens (including phenoxy) is 1. The zero-order valence-electron chi connectivity index (χ0n) is 16.6. The van der Waals surface area contributed by atoms with Crippen LogP contribution < -0.4 is 4.74 Å². The lowest BCUT2D eigenvalue weighted by Gasteiger charge is -2.33. The molecule has 0 radical (unpaired) electrons. The van der Waals surface area contributed by atoms with E-state index >= 15 is 0 Å². The highest BCUT2D eigenvalue weighted by molar-refractivity contribution is 5.85. The van der Waals surface area contributed by atoms with Crippen molar-refractivity contribution >= 4 is 16.8 Å². The second kappa shape index (κ2) is 8.03. The fourth-order valence-electron chi connectivity index (χ4n) is 4.30. The van der Waals surface area contributed by atoms with Crippen LogP contribution in [0.5, 0.6) is 5.75 Å². The normalized spacial score (nSPS) is 24.0. The molecule has 0 unspecified atom stereocenters. The smallest absolute Gasteiger partial charge is 0.237 e. The third-order valence-electron chi connectivity index (χ3n) is 5.89. The highest BCUT2D eigenvalue weighted by atomic mass is 19.1. The second-order valence-electron chi connectivity index (χ2n) is 8.15. The Hall–Kier alpha value is -2.21. The number of carbonyl (C=O) groups excluding carboxylic acids is 1. The molecule has 0 N–H and O–H groups in total. The summed E-state index contributed by atoms with van der Waals surface area (Å²) < 4.78 is 19.8. The van der Waals surface area contributed by atoms with Crippen LogP contribution >= 0.6 is 0 Å². The molecular formula is C22H28FN3O2. The molecule has 2 fully saturated rings. The van der Waals surface area contributed by atoms with Crippen molar-refractivity contribution in [2.75, 3.05) is 26.2 Å². The van der Waals surface area contributed by atoms with Gasteiger partial charge in [0.25, 0.3) is 0 Å². The first-order chi connectivity index (χ1) is 13.5. The first kappa shape index (κ1) is 19.1. The lowest BCUT2D eigenvalue weighted by molar-refractivity contribution is -0.133. The van der Waals surface area contributed by atoms with Crippen molar-refractivity contribution in [1.82, 2.24) is 14.8 Å². The zero-order valence-corrected chi connectivity index (χ0v) is 16.6. The van der Waals surface area contributed by atoms with Gasteiger partial charge in [-0.15, -0.1) is 0 Å². The van der Waals surface area contributed by atoms with Crippen LogP contribution in [0.4, 0.5) is 4.39 Å². The molecule has 2 saturated heterocycles. The molecule has 6 heteroatoms. The number of pyridine rings is 1. The second-order valence-corrected chi connectivity index (χ2v) is 8.15. The summed E-state index contributed by atoms with van der Waals surface area (Å²) >= 11 is 0. The van der Waals surface area contributed by atoms with Crippen LogP contribution in [0.1, 0.15) is 31.7 Å². The number of likely N-dealkylation sites (tertiary alicyclic amines) is 2. The van der Waals surface area contributed by atoms with Gasteiger partial charge in [0.05, 0.1) is 18.6 Å². The number of aromatic nitrogens is 1. The van der Waals surface area contributed by atoms with Crippen LogP contribution in [0.15, 0.2) is 30.5 Å². The quantitative estimate of drug-likeness (QED) is 0.810. The van der Waals surface area contributed by atoms with E-state index in [0.29, 0.717) is 13.0 Å². The Kier molecular flexibility index (Phi) is 5.49. The molecule has 0 saturated carbocycles. The average Bonchev–Trinajstić information content (AvgIpc) is 3.02. The summed E-state index contributed by atoms with van der Waals surface area (Å²) in [6, 6.07) is 8.13. The molecular weight excluding hydrogens is 357 g/mol. The number of fused-ring (bicyclic) bond motifs is 1. The van der Waals surface area contributed by atoms with Gasteiger partial charge in [-0.3, -0.25) is 14.7 Å². The van der Waals surface area contributed by atoms with E-state index in [1.54, 1.807) is 11.1 Å². The number of alkyl halides is 1. The van der Waals surface area contributed by atoms with Crippen molar-refractivity contribution in [2.24, 2.45) is 0 Å². The fraction of sp³-hybridized carbons (Fsp3) is 0.545. The summed E-state index contributed by atoms with van der Waals surface area (Å²) in [6.07, 6.45) is 3.27. The van der Waals surface area contributed by atoms with Crippen molar-refractivity contribution in [1.29, 1.82) is 0 Å². The van der Waals surface area contributed by atoms with Gasteiger partial charge in [0, 0.05) is 37.1 Å². The maximum atomic E-state index is 13.5. The molecule has 0 bridgehead atoms. The third-order valence-corrected chi connectivity index (χ3v) is 5.89. The molecule has 5 nitrogen and oxygen atoms in total. The molecule has 4 rings (SSSR count). The Balaban J connectivity index is 1.32. The van der Waals surface area contributed by atoms with Crippen molar-refractivity contribution in [3.05, 3.63) is 36.0 Å². The van der Waals surface area contributed by atoms with Crippen molar-refractivity contribution in [2.45, 2.75) is 51.4 Å². The zero-order chi connectivity index (χ0) is 19.7. The van der Waals surface area contributed by atoms with Gasteiger partial charge in [-0.1, -0.05) is 11.6 Å². The van der Waals surface area contributed by atoms with Crippen LogP contribution in [0.25, 0.3) is 10.9 Å². The summed E-state index contributed by atoms with van der Waals surface area (Å²) in [5.41, 5.74) is 2.13. The van der Waals surface area contributed by atoms with E-state index in [1.165, 1.54) is 5.56 Å². The Morgan fingerprint density at radius 2 is 2.07 bits per heavy atom. The number of benzene rings is 1. The SMILES string of the molecule is Cc1ccc2nccc(OC3CCN(CC(=O)N4C[C@@H](F)C[C@H]4C)CC3)c2c1. The lowest BCUT2D eigenvalue weighted by atomic mass is 10.1. The van der Waals surface area contributed by atoms with Gasteiger partial charge < -0.3 is 9.64 Å². The number of rotatable bonds is 4. The lowest BCUT2D eigenvalue weighted by Crippen LogP contribution is -2.46. The highest BCUT2D eigenvalue weighted by Crippen LogP contribution is 2.28. The third kappa shape index (κ3) is 4.12. The first-order valence-electron chi connectivity index (χ1n) is 10.2. The largest absolute Gasteiger partial charge is 0.490 e. The van der Waals surface area contributed by atoms with Gasteiger partial charge in [0.2, 0.25) is 5.91 Å². The number of hydrogen-bond donors (Lipinski definition) is 0. The van der Waals surface area contributed by atoms with Gasteiger partial charge in [-0.2, -0.15) is 0 Å². The van der Waals surface area contributed by atoms with Crippen LogP contribution in [-0.4, -0.2) is 65.2 Å². The Morgan fingerprint density at radius 1 is 1.29 bits per heavy atom. The van der Waals surface area contributed by atoms with Gasteiger partial charge >= 0.3 is 0 Å². The van der Waals surface area contributed by atoms with E-state index in [0.717, 1.165) is 42.6 Å². The maximum absolute atomic E-state index is 13.5. The molecule has 1 aromatic carbocycles. The highest BCUT2D eigenvalue weighted by Gasteiger charge is 2.33. The maximum Gasteiger partial charge on any atom is 0.237 e. The van der Waals surface area contributed by atoms with Crippen molar-refractivity contribution in [3.8, 4) is 5.75 Å². The Morgan fingerprint density at radius 3 is 2.79 bits per heavy atom. The Labute approximate surface area is 165 Å². The molecule has 2 aliphatic rings. The summed E-state index contributed by atoms with van der Waals surface area (Å²) in [5, 5.41) is 1.05. The van der Waals surface area contributed by atoms with Crippen LogP contribution in [0.3, 0.4) is 0 Å². The fourth-order valence-corrected chi connectivity index (χ4v) is 4.30. The minimum Gasteiger partial charge on any atom is -0.490 e. The minimum absolute atomic E-state index is 0.00630. The molecule has 1 amide bonds. The number of amides is 1. The molecule has 2 aliphatic heterocycles. The van der Waals surface area contributed by atoms with Crippen LogP contribution in [-0.2, 0) is 4.79 Å². The molecule has 2 atom stereocenters. The van der Waals surface area contributed by atoms with E-state index in [9.17, 15) is 9.18 Å². The average molecular weight is 385 g/mol. The number of carbonyl (C=O) groups is 1. The summed E-state index contributed by atoms with van der Waals surface area (Å²) in [5.74, 6) is 0.922. The number of hydrogen-bond acceptors (Lipinski definition) is 4. The predicted octanol–water partition coefficient (Wildman–Crippen LogP) is 3.35. The molecule has 3 heterocycles. The van der Waals surface area contributed by atoms with Crippen molar-refractivity contribution < 1.29 is 13.9 Å². The van der Waals surface area contributed by atoms with Crippen molar-refractivity contribution in [3.63, 3.8) is 0 Å². The van der Waals surface area contributed by atoms with E-state index in [2.05, 4.69) is 28.9 Å². The predicted molar refractivity (Wildman–Crippen MR) is 107 cm³/mol. The van der Waals surface area contributed by atoms with E-state index in [4.69, 9.17) is 4.74 Å². The monoisotopic (exact) mass is 385 g/mol. The number of piperidine rings is 1. The molecule has 150 valence electrons.